The summed E-state index contributed by atoms with van der Waals surface area (Å²) >= 11 is 0. The largest absolute Gasteiger partial charge is 0.486 e. The first kappa shape index (κ1) is 23.1. The number of carbonyl (C=O) groups excluding carboxylic acids is 2. The average Bonchev–Trinajstić information content (AvgIpc) is 3.70. The second kappa shape index (κ2) is 9.06. The van der Waals surface area contributed by atoms with Gasteiger partial charge in [0.05, 0.1) is 48.1 Å². The first-order valence-corrected chi connectivity index (χ1v) is 13.2. The zero-order chi connectivity index (χ0) is 25.7. The van der Waals surface area contributed by atoms with E-state index >= 15 is 0 Å². The molecule has 1 saturated heterocycles. The predicted molar refractivity (Wildman–Crippen MR) is 141 cm³/mol. The zero-order valence-electron chi connectivity index (χ0n) is 20.9. The number of H-pyrrole nitrogens is 1. The van der Waals surface area contributed by atoms with E-state index in [9.17, 15) is 9.59 Å². The van der Waals surface area contributed by atoms with Crippen molar-refractivity contribution in [3.63, 3.8) is 0 Å². The first-order valence-electron chi connectivity index (χ1n) is 13.2. The summed E-state index contributed by atoms with van der Waals surface area (Å²) < 4.78 is 11.8. The number of nitrogens with zero attached hydrogens (tertiary/aromatic N) is 2. The molecule has 3 aliphatic rings. The Labute approximate surface area is 219 Å². The third kappa shape index (κ3) is 4.15. The number of nitrogens with one attached hydrogen (secondary N) is 2. The number of ether oxygens (including phenoxy) is 2. The van der Waals surface area contributed by atoms with Crippen molar-refractivity contribution in [2.24, 2.45) is 5.92 Å². The van der Waals surface area contributed by atoms with Gasteiger partial charge in [0, 0.05) is 35.6 Å². The van der Waals surface area contributed by atoms with Crippen molar-refractivity contribution >= 4 is 22.6 Å². The number of rotatable bonds is 5. The van der Waals surface area contributed by atoms with Gasteiger partial charge in [-0.25, -0.2) is 0 Å². The predicted octanol–water partition coefficient (Wildman–Crippen LogP) is 5.02. The fourth-order valence-corrected chi connectivity index (χ4v) is 5.69. The van der Waals surface area contributed by atoms with Gasteiger partial charge in [-0.2, -0.15) is 5.10 Å². The van der Waals surface area contributed by atoms with Gasteiger partial charge in [0.25, 0.3) is 5.91 Å². The molecule has 4 aromatic rings. The maximum atomic E-state index is 13.3. The maximum absolute atomic E-state index is 13.3. The van der Waals surface area contributed by atoms with Crippen LogP contribution in [0.4, 0.5) is 0 Å². The standard InChI is InChI=1S/C30H28N4O4/c35-25-17-30(10-13-37-14-11-30)38-26-9-7-19(15-22(25)26)27-21-16-20(6-8-23(21)33-34-27)29(36)32-28(18-4-5-18)24-3-1-2-12-31-24/h1-3,6-9,12,15-16,18,28H,4-5,10-11,13-14,17H2,(H,32,36)(H,33,34). The maximum Gasteiger partial charge on any atom is 0.251 e. The summed E-state index contributed by atoms with van der Waals surface area (Å²) in [5.74, 6) is 0.970. The molecule has 4 heterocycles. The highest BCUT2D eigenvalue weighted by Gasteiger charge is 2.42. The van der Waals surface area contributed by atoms with Crippen LogP contribution in [-0.4, -0.2) is 45.7 Å². The minimum atomic E-state index is -0.460. The number of fused-ring (bicyclic) bond motifs is 2. The number of aromatic amines is 1. The van der Waals surface area contributed by atoms with Crippen LogP contribution in [-0.2, 0) is 4.74 Å². The smallest absolute Gasteiger partial charge is 0.251 e. The van der Waals surface area contributed by atoms with E-state index in [4.69, 9.17) is 9.47 Å². The number of aromatic nitrogens is 3. The Morgan fingerprint density at radius 3 is 2.74 bits per heavy atom. The van der Waals surface area contributed by atoms with Crippen LogP contribution < -0.4 is 10.1 Å². The molecule has 0 radical (unpaired) electrons. The summed E-state index contributed by atoms with van der Waals surface area (Å²) in [6, 6.07) is 16.9. The molecule has 8 nitrogen and oxygen atoms in total. The lowest BCUT2D eigenvalue weighted by Gasteiger charge is -2.40. The van der Waals surface area contributed by atoms with E-state index in [1.165, 1.54) is 0 Å². The van der Waals surface area contributed by atoms with Gasteiger partial charge < -0.3 is 14.8 Å². The number of ketones is 1. The minimum absolute atomic E-state index is 0.0792. The number of carbonyl (C=O) groups is 2. The molecule has 2 aromatic carbocycles. The Bertz CT molecular complexity index is 1540. The van der Waals surface area contributed by atoms with Crippen molar-refractivity contribution in [2.45, 2.75) is 43.7 Å². The fraction of sp³-hybridized carbons (Fsp3) is 0.333. The van der Waals surface area contributed by atoms with E-state index in [1.807, 2.05) is 48.5 Å². The molecular weight excluding hydrogens is 480 g/mol. The highest BCUT2D eigenvalue weighted by Crippen LogP contribution is 2.42. The number of benzene rings is 2. The Kier molecular flexibility index (Phi) is 5.51. The Morgan fingerprint density at radius 2 is 1.95 bits per heavy atom. The van der Waals surface area contributed by atoms with Crippen molar-refractivity contribution in [1.29, 1.82) is 0 Å². The Hall–Kier alpha value is -4.04. The molecule has 1 atom stereocenters. The second-order valence-corrected chi connectivity index (χ2v) is 10.6. The lowest BCUT2D eigenvalue weighted by atomic mass is 9.83. The van der Waals surface area contributed by atoms with E-state index in [2.05, 4.69) is 20.5 Å². The van der Waals surface area contributed by atoms with Crippen LogP contribution in [0.2, 0.25) is 0 Å². The van der Waals surface area contributed by atoms with Gasteiger partial charge in [0.2, 0.25) is 0 Å². The minimum Gasteiger partial charge on any atom is -0.486 e. The van der Waals surface area contributed by atoms with E-state index < -0.39 is 5.60 Å². The van der Waals surface area contributed by atoms with Crippen LogP contribution in [0.15, 0.2) is 60.8 Å². The molecule has 2 aromatic heterocycles. The quantitative estimate of drug-likeness (QED) is 0.392. The molecule has 2 N–H and O–H groups in total. The summed E-state index contributed by atoms with van der Waals surface area (Å²) in [6.45, 7) is 1.22. The van der Waals surface area contributed by atoms with Gasteiger partial charge in [-0.15, -0.1) is 0 Å². The highest BCUT2D eigenvalue weighted by molar-refractivity contribution is 6.04. The summed E-state index contributed by atoms with van der Waals surface area (Å²) in [5, 5.41) is 11.6. The molecule has 1 spiro atoms. The number of hydrogen-bond donors (Lipinski definition) is 2. The molecule has 2 fully saturated rings. The van der Waals surface area contributed by atoms with Crippen molar-refractivity contribution in [1.82, 2.24) is 20.5 Å². The third-order valence-corrected chi connectivity index (χ3v) is 7.98. The van der Waals surface area contributed by atoms with Gasteiger partial charge in [0.15, 0.2) is 5.78 Å². The van der Waals surface area contributed by atoms with Gasteiger partial charge in [-0.05, 0) is 67.3 Å². The van der Waals surface area contributed by atoms with Crippen LogP contribution in [0.5, 0.6) is 5.75 Å². The van der Waals surface area contributed by atoms with Gasteiger partial charge in [-0.1, -0.05) is 6.07 Å². The Morgan fingerprint density at radius 1 is 1.08 bits per heavy atom. The van der Waals surface area contributed by atoms with E-state index in [0.29, 0.717) is 48.1 Å². The number of amides is 1. The lowest BCUT2D eigenvalue weighted by molar-refractivity contribution is -0.0504. The van der Waals surface area contributed by atoms with Gasteiger partial charge >= 0.3 is 0 Å². The van der Waals surface area contributed by atoms with Crippen LogP contribution in [0.1, 0.15) is 64.6 Å². The molecule has 192 valence electrons. The number of hydrogen-bond acceptors (Lipinski definition) is 6. The monoisotopic (exact) mass is 508 g/mol. The molecule has 38 heavy (non-hydrogen) atoms. The summed E-state index contributed by atoms with van der Waals surface area (Å²) in [5.41, 5.74) is 3.88. The molecule has 8 heteroatoms. The molecule has 2 aliphatic heterocycles. The highest BCUT2D eigenvalue weighted by atomic mass is 16.5. The van der Waals surface area contributed by atoms with E-state index in [0.717, 1.165) is 47.8 Å². The van der Waals surface area contributed by atoms with Gasteiger partial charge in [0.1, 0.15) is 11.4 Å². The second-order valence-electron chi connectivity index (χ2n) is 10.6. The van der Waals surface area contributed by atoms with Crippen LogP contribution in [0.25, 0.3) is 22.2 Å². The molecule has 0 bridgehead atoms. The molecule has 1 amide bonds. The topological polar surface area (TPSA) is 106 Å². The summed E-state index contributed by atoms with van der Waals surface area (Å²) in [6.07, 6.45) is 5.73. The first-order chi connectivity index (χ1) is 18.6. The van der Waals surface area contributed by atoms with Crippen molar-refractivity contribution in [3.8, 4) is 17.0 Å². The molecule has 7 rings (SSSR count). The van der Waals surface area contributed by atoms with Crippen molar-refractivity contribution in [3.05, 3.63) is 77.6 Å². The average molecular weight is 509 g/mol. The van der Waals surface area contributed by atoms with Crippen LogP contribution in [0, 0.1) is 5.92 Å². The number of pyridine rings is 1. The normalized spacial score (nSPS) is 19.1. The third-order valence-electron chi connectivity index (χ3n) is 7.98. The molecule has 1 unspecified atom stereocenters. The molecule has 1 saturated carbocycles. The molecule has 1 aliphatic carbocycles. The Balaban J connectivity index is 1.18. The SMILES string of the molecule is O=C(NC(c1ccccn1)C1CC1)c1ccc2[nH]nc(-c3ccc4c(c3)C(=O)CC3(CCOCC3)O4)c2c1. The summed E-state index contributed by atoms with van der Waals surface area (Å²) in [7, 11) is 0. The van der Waals surface area contributed by atoms with Gasteiger partial charge in [-0.3, -0.25) is 19.7 Å². The fourth-order valence-electron chi connectivity index (χ4n) is 5.69. The van der Waals surface area contributed by atoms with E-state index in [-0.39, 0.29) is 17.7 Å². The van der Waals surface area contributed by atoms with Crippen molar-refractivity contribution < 1.29 is 19.1 Å². The van der Waals surface area contributed by atoms with Crippen molar-refractivity contribution in [2.75, 3.05) is 13.2 Å². The zero-order valence-corrected chi connectivity index (χ0v) is 20.9. The molecular formula is C30H28N4O4. The number of Topliss-reactive ketones (excluding diaryl/α,β-unsaturated/α-hetero) is 1. The summed E-state index contributed by atoms with van der Waals surface area (Å²) in [4.78, 5) is 31.0. The van der Waals surface area contributed by atoms with Crippen LogP contribution >= 0.6 is 0 Å². The van der Waals surface area contributed by atoms with E-state index in [1.54, 1.807) is 12.3 Å². The van der Waals surface area contributed by atoms with Crippen LogP contribution in [0.3, 0.4) is 0 Å². The lowest BCUT2D eigenvalue weighted by Crippen LogP contribution is -2.46.